The molecule has 0 spiro atoms. The Morgan fingerprint density at radius 3 is 1.61 bits per heavy atom. The van der Waals surface area contributed by atoms with Gasteiger partial charge in [0, 0.05) is 69.9 Å². The summed E-state index contributed by atoms with van der Waals surface area (Å²) in [5.74, 6) is 1.76. The van der Waals surface area contributed by atoms with Gasteiger partial charge < -0.3 is 14.5 Å². The second-order valence-electron chi connectivity index (χ2n) is 18.2. The van der Waals surface area contributed by atoms with Crippen molar-refractivity contribution in [2.24, 2.45) is 0 Å². The lowest BCUT2D eigenvalue weighted by Crippen LogP contribution is -2.37. The molecule has 10 aromatic carbocycles. The highest BCUT2D eigenvalue weighted by Crippen LogP contribution is 2.54. The van der Waals surface area contributed by atoms with Crippen molar-refractivity contribution in [2.45, 2.75) is 26.6 Å². The topological polar surface area (TPSA) is 15.7 Å². The molecule has 0 fully saturated rings. The minimum absolute atomic E-state index is 0.878. The number of hydrogen-bond donors (Lipinski definition) is 0. The largest absolute Gasteiger partial charge is 0.456 e. The molecule has 0 saturated heterocycles. The van der Waals surface area contributed by atoms with Gasteiger partial charge >= 0.3 is 0 Å². The van der Waals surface area contributed by atoms with Crippen molar-refractivity contribution in [3.63, 3.8) is 0 Å². The third-order valence-corrected chi connectivity index (χ3v) is 17.7. The first-order valence-corrected chi connectivity index (χ1v) is 27.1. The maximum Gasteiger partial charge on any atom is 0.138 e. The summed E-state index contributed by atoms with van der Waals surface area (Å²) < 4.78 is 12.3. The van der Waals surface area contributed by atoms with Crippen molar-refractivity contribution >= 4 is 143 Å². The summed E-state index contributed by atoms with van der Waals surface area (Å²) in [6, 6.07) is 67.6. The molecule has 0 amide bonds. The summed E-state index contributed by atoms with van der Waals surface area (Å²) in [5, 5.41) is 13.6. The fraction of sp³-hybridized carbons (Fsp3) is 0.0690. The molecule has 0 radical (unpaired) electrons. The van der Waals surface area contributed by atoms with Crippen molar-refractivity contribution < 1.29 is 4.74 Å². The Balaban J connectivity index is 1.05. The predicted octanol–water partition coefficient (Wildman–Crippen LogP) is 17.8. The van der Waals surface area contributed by atoms with E-state index in [0.717, 1.165) is 55.8 Å². The summed E-state index contributed by atoms with van der Waals surface area (Å²) in [6.07, 6.45) is 0. The van der Waals surface area contributed by atoms with E-state index in [4.69, 9.17) is 4.74 Å². The van der Waals surface area contributed by atoms with Gasteiger partial charge in [0.2, 0.25) is 0 Å². The average Bonchev–Trinajstić information content (AvgIpc) is 3.89. The van der Waals surface area contributed by atoms with Gasteiger partial charge in [0.15, 0.2) is 0 Å². The Morgan fingerprint density at radius 2 is 0.953 bits per heavy atom. The molecule has 0 saturated carbocycles. The number of hydrogen-bond acceptors (Lipinski definition) is 5. The van der Waals surface area contributed by atoms with Crippen LogP contribution < -0.4 is 19.7 Å². The van der Waals surface area contributed by atoms with Gasteiger partial charge in [0.05, 0.1) is 40.2 Å². The van der Waals surface area contributed by atoms with Crippen LogP contribution in [0.2, 0.25) is 19.6 Å². The fourth-order valence-corrected chi connectivity index (χ4v) is 13.7. The van der Waals surface area contributed by atoms with Crippen LogP contribution in [-0.4, -0.2) is 8.07 Å². The first kappa shape index (κ1) is 37.6. The minimum atomic E-state index is -1.52. The average molecular weight is 875 g/mol. The Morgan fingerprint density at radius 1 is 0.406 bits per heavy atom. The van der Waals surface area contributed by atoms with E-state index in [2.05, 4.69) is 218 Å². The minimum Gasteiger partial charge on any atom is -0.456 e. The predicted molar refractivity (Wildman–Crippen MR) is 282 cm³/mol. The number of aryl methyl sites for hydroxylation is 1. The quantitative estimate of drug-likeness (QED) is 0.117. The molecule has 0 aliphatic carbocycles. The van der Waals surface area contributed by atoms with Crippen LogP contribution in [-0.2, 0) is 0 Å². The zero-order valence-electron chi connectivity index (χ0n) is 35.9. The Hall–Kier alpha value is -6.96. The highest BCUT2D eigenvalue weighted by atomic mass is 32.1. The Labute approximate surface area is 380 Å². The number of rotatable bonds is 7. The number of anilines is 6. The van der Waals surface area contributed by atoms with E-state index in [1.165, 1.54) is 73.2 Å². The molecule has 306 valence electrons. The third kappa shape index (κ3) is 5.69. The number of fused-ring (bicyclic) bond motifs is 6. The van der Waals surface area contributed by atoms with Crippen LogP contribution in [0.5, 0.6) is 11.5 Å². The normalized spacial score (nSPS) is 12.5. The van der Waals surface area contributed by atoms with E-state index in [1.54, 1.807) is 0 Å². The number of thiophene rings is 2. The molecule has 0 bridgehead atoms. The summed E-state index contributed by atoms with van der Waals surface area (Å²) in [4.78, 5) is 4.92. The smallest absolute Gasteiger partial charge is 0.138 e. The monoisotopic (exact) mass is 874 g/mol. The maximum atomic E-state index is 7.18. The van der Waals surface area contributed by atoms with Gasteiger partial charge in [0.25, 0.3) is 0 Å². The third-order valence-electron chi connectivity index (χ3n) is 13.2. The lowest BCUT2D eigenvalue weighted by molar-refractivity contribution is 0.493. The van der Waals surface area contributed by atoms with Crippen LogP contribution in [0, 0.1) is 6.92 Å². The molecular weight excluding hydrogens is 833 g/mol. The molecule has 1 aliphatic rings. The molecule has 64 heavy (non-hydrogen) atoms. The first-order valence-electron chi connectivity index (χ1n) is 22.0. The summed E-state index contributed by atoms with van der Waals surface area (Å²) in [6.45, 7) is 9.40. The number of benzene rings is 10. The van der Waals surface area contributed by atoms with Crippen LogP contribution >= 0.6 is 22.7 Å². The Kier molecular flexibility index (Phi) is 8.23. The van der Waals surface area contributed by atoms with Gasteiger partial charge in [-0.1, -0.05) is 140 Å². The van der Waals surface area contributed by atoms with Crippen LogP contribution in [0.1, 0.15) is 5.56 Å². The van der Waals surface area contributed by atoms with E-state index in [1.807, 2.05) is 22.7 Å². The highest BCUT2D eigenvalue weighted by molar-refractivity contribution is 7.26. The standard InChI is InChI=1S/C58H42N2OS2Si/c1-35-22-26-39(27-23-35)60(48-18-10-15-45-43-13-6-8-21-53(43)63-58(45)48)49-33-37-25-24-36-32-40(34-51-54(36)55(37)56-46(49)16-11-19-50(56)61-51)59(38-28-30-41(31-29-38)64(2,3)4)47-17-9-14-44-42-12-5-7-20-52(42)62-57(44)47/h5-34H,1-4H3. The van der Waals surface area contributed by atoms with Crippen LogP contribution in [0.15, 0.2) is 182 Å². The number of nitrogens with zero attached hydrogens (tertiary/aromatic N) is 2. The Bertz CT molecular complexity index is 3880. The maximum absolute atomic E-state index is 7.18. The highest BCUT2D eigenvalue weighted by Gasteiger charge is 2.28. The molecular formula is C58H42N2OS2Si. The lowest BCUT2D eigenvalue weighted by atomic mass is 9.91. The van der Waals surface area contributed by atoms with Crippen molar-refractivity contribution in [1.82, 2.24) is 0 Å². The van der Waals surface area contributed by atoms with E-state index in [-0.39, 0.29) is 0 Å². The van der Waals surface area contributed by atoms with Gasteiger partial charge in [-0.25, -0.2) is 0 Å². The second kappa shape index (κ2) is 14.0. The van der Waals surface area contributed by atoms with Crippen molar-refractivity contribution in [2.75, 3.05) is 9.80 Å². The van der Waals surface area contributed by atoms with E-state index >= 15 is 0 Å². The van der Waals surface area contributed by atoms with Gasteiger partial charge in [-0.2, -0.15) is 0 Å². The lowest BCUT2D eigenvalue weighted by Gasteiger charge is -2.31. The summed E-state index contributed by atoms with van der Waals surface area (Å²) in [5.41, 5.74) is 8.03. The van der Waals surface area contributed by atoms with E-state index in [9.17, 15) is 0 Å². The SMILES string of the molecule is Cc1ccc(N(c2cc3ccc4cc(N(c5ccc([Si](C)(C)C)cc5)c5cccc6c5sc5ccccc56)cc5c4c3c3c(cccc23)O5)c2cccc3c2sc2ccccc23)cc1. The van der Waals surface area contributed by atoms with Crippen LogP contribution in [0.25, 0.3) is 72.7 Å². The zero-order valence-corrected chi connectivity index (χ0v) is 38.6. The summed E-state index contributed by atoms with van der Waals surface area (Å²) in [7, 11) is -1.52. The zero-order chi connectivity index (χ0) is 42.8. The van der Waals surface area contributed by atoms with E-state index in [0.29, 0.717) is 0 Å². The van der Waals surface area contributed by atoms with Gasteiger partial charge in [-0.3, -0.25) is 0 Å². The molecule has 0 unspecified atom stereocenters. The molecule has 6 heteroatoms. The van der Waals surface area contributed by atoms with Crippen LogP contribution in [0.3, 0.4) is 0 Å². The second-order valence-corrected chi connectivity index (χ2v) is 25.4. The molecule has 13 rings (SSSR count). The van der Waals surface area contributed by atoms with E-state index < -0.39 is 8.07 Å². The van der Waals surface area contributed by atoms with Crippen LogP contribution in [0.4, 0.5) is 34.1 Å². The molecule has 12 aromatic rings. The van der Waals surface area contributed by atoms with Gasteiger partial charge in [-0.15, -0.1) is 22.7 Å². The molecule has 0 atom stereocenters. The van der Waals surface area contributed by atoms with Crippen molar-refractivity contribution in [3.05, 3.63) is 188 Å². The van der Waals surface area contributed by atoms with Crippen molar-refractivity contribution in [3.8, 4) is 11.5 Å². The molecule has 3 heterocycles. The molecule has 1 aliphatic heterocycles. The molecule has 2 aromatic heterocycles. The summed E-state index contributed by atoms with van der Waals surface area (Å²) >= 11 is 3.74. The molecule has 0 N–H and O–H groups in total. The van der Waals surface area contributed by atoms with Crippen molar-refractivity contribution in [1.29, 1.82) is 0 Å². The van der Waals surface area contributed by atoms with Gasteiger partial charge in [0.1, 0.15) is 11.5 Å². The molecule has 3 nitrogen and oxygen atoms in total. The number of ether oxygens (including phenoxy) is 1. The first-order chi connectivity index (χ1) is 31.3. The fourth-order valence-electron chi connectivity index (χ4n) is 10.1. The van der Waals surface area contributed by atoms with Gasteiger partial charge in [-0.05, 0) is 84.4 Å².